The van der Waals surface area contributed by atoms with E-state index in [1.54, 1.807) is 0 Å². The summed E-state index contributed by atoms with van der Waals surface area (Å²) in [5.41, 5.74) is 0. The third-order valence-electron chi connectivity index (χ3n) is 1.26. The molecule has 0 aromatic carbocycles. The predicted molar refractivity (Wildman–Crippen MR) is 32.4 cm³/mol. The molecule has 1 rings (SSSR count). The van der Waals surface area contributed by atoms with E-state index >= 15 is 0 Å². The van der Waals surface area contributed by atoms with E-state index in [2.05, 4.69) is 4.74 Å². The molecule has 11 heavy (non-hydrogen) atoms. The van der Waals surface area contributed by atoms with Gasteiger partial charge in [0.25, 0.3) is 5.79 Å². The molecule has 1 aliphatic rings. The van der Waals surface area contributed by atoms with Crippen molar-refractivity contribution in [2.75, 3.05) is 0 Å². The van der Waals surface area contributed by atoms with Crippen LogP contribution in [0, 0.1) is 0 Å². The number of carboxylic acids is 1. The largest absolute Gasteiger partial charge is 0.481 e. The monoisotopic (exact) mass is 158 g/mol. The standard InChI is InChI=1S/C6H6O5/c7-4-1-2-11-6(4,10)3-5(8)9/h1-2,10H,3H2,(H,8,9). The van der Waals surface area contributed by atoms with E-state index < -0.39 is 24.0 Å². The minimum atomic E-state index is -2.17. The van der Waals surface area contributed by atoms with Gasteiger partial charge in [0.15, 0.2) is 0 Å². The number of ether oxygens (including phenoxy) is 1. The summed E-state index contributed by atoms with van der Waals surface area (Å²) < 4.78 is 4.41. The third kappa shape index (κ3) is 1.38. The van der Waals surface area contributed by atoms with E-state index in [1.807, 2.05) is 0 Å². The van der Waals surface area contributed by atoms with Crippen LogP contribution in [0.5, 0.6) is 0 Å². The van der Waals surface area contributed by atoms with Crippen molar-refractivity contribution >= 4 is 11.8 Å². The van der Waals surface area contributed by atoms with Crippen molar-refractivity contribution in [1.82, 2.24) is 0 Å². The number of carboxylic acid groups (broad SMARTS) is 1. The summed E-state index contributed by atoms with van der Waals surface area (Å²) >= 11 is 0. The van der Waals surface area contributed by atoms with Crippen LogP contribution in [0.25, 0.3) is 0 Å². The Bertz CT molecular complexity index is 231. The normalized spacial score (nSPS) is 28.6. The van der Waals surface area contributed by atoms with Crippen molar-refractivity contribution < 1.29 is 24.5 Å². The molecule has 0 amide bonds. The summed E-state index contributed by atoms with van der Waals surface area (Å²) in [5.74, 6) is -4.20. The molecule has 2 N–H and O–H groups in total. The molecule has 0 aromatic heterocycles. The number of aliphatic carboxylic acids is 1. The van der Waals surface area contributed by atoms with Gasteiger partial charge in [-0.1, -0.05) is 0 Å². The number of ketones is 1. The van der Waals surface area contributed by atoms with Crippen LogP contribution in [0.2, 0.25) is 0 Å². The second kappa shape index (κ2) is 2.35. The molecular formula is C6H6O5. The quantitative estimate of drug-likeness (QED) is 0.553. The first-order chi connectivity index (χ1) is 5.04. The van der Waals surface area contributed by atoms with E-state index in [0.717, 1.165) is 12.3 Å². The van der Waals surface area contributed by atoms with Gasteiger partial charge in [-0.15, -0.1) is 0 Å². The molecule has 0 saturated carbocycles. The molecule has 1 atom stereocenters. The van der Waals surface area contributed by atoms with Gasteiger partial charge >= 0.3 is 5.97 Å². The number of carbonyl (C=O) groups excluding carboxylic acids is 1. The highest BCUT2D eigenvalue weighted by Crippen LogP contribution is 2.20. The first-order valence-corrected chi connectivity index (χ1v) is 2.87. The average Bonchev–Trinajstić information content (AvgIpc) is 2.11. The molecule has 1 heterocycles. The molecule has 0 bridgehead atoms. The fraction of sp³-hybridized carbons (Fsp3) is 0.333. The summed E-state index contributed by atoms with van der Waals surface area (Å²) in [4.78, 5) is 20.8. The minimum Gasteiger partial charge on any atom is -0.481 e. The lowest BCUT2D eigenvalue weighted by Gasteiger charge is -2.16. The number of hydrogen-bond acceptors (Lipinski definition) is 4. The molecular weight excluding hydrogens is 152 g/mol. The highest BCUT2D eigenvalue weighted by atomic mass is 16.6. The number of carbonyl (C=O) groups is 2. The average molecular weight is 158 g/mol. The van der Waals surface area contributed by atoms with Crippen LogP contribution in [0.4, 0.5) is 0 Å². The van der Waals surface area contributed by atoms with Crippen molar-refractivity contribution in [3.63, 3.8) is 0 Å². The lowest BCUT2D eigenvalue weighted by atomic mass is 10.1. The maximum atomic E-state index is 10.7. The summed E-state index contributed by atoms with van der Waals surface area (Å²) in [6.07, 6.45) is 1.23. The Labute approximate surface area is 61.9 Å². The van der Waals surface area contributed by atoms with Gasteiger partial charge in [0, 0.05) is 6.08 Å². The zero-order valence-corrected chi connectivity index (χ0v) is 5.48. The predicted octanol–water partition coefficient (Wildman–Crippen LogP) is -0.737. The van der Waals surface area contributed by atoms with E-state index in [9.17, 15) is 9.59 Å². The molecule has 0 saturated heterocycles. The highest BCUT2D eigenvalue weighted by Gasteiger charge is 2.41. The van der Waals surface area contributed by atoms with E-state index in [1.165, 1.54) is 0 Å². The van der Waals surface area contributed by atoms with Gasteiger partial charge in [-0.25, -0.2) is 0 Å². The minimum absolute atomic E-state index is 0.736. The molecule has 0 spiro atoms. The molecule has 5 nitrogen and oxygen atoms in total. The highest BCUT2D eigenvalue weighted by molar-refractivity contribution is 5.99. The van der Waals surface area contributed by atoms with Gasteiger partial charge in [0.2, 0.25) is 5.78 Å². The molecule has 0 aromatic rings. The summed E-state index contributed by atoms with van der Waals surface area (Å²) in [7, 11) is 0. The van der Waals surface area contributed by atoms with E-state index in [-0.39, 0.29) is 0 Å². The van der Waals surface area contributed by atoms with Crippen LogP contribution in [-0.2, 0) is 14.3 Å². The Morgan fingerprint density at radius 3 is 2.73 bits per heavy atom. The molecule has 0 aliphatic carbocycles. The SMILES string of the molecule is O=C(O)CC1(O)OC=CC1=O. The van der Waals surface area contributed by atoms with Gasteiger partial charge in [-0.3, -0.25) is 9.59 Å². The van der Waals surface area contributed by atoms with Crippen molar-refractivity contribution in [2.24, 2.45) is 0 Å². The second-order valence-corrected chi connectivity index (χ2v) is 2.14. The van der Waals surface area contributed by atoms with Gasteiger partial charge < -0.3 is 14.9 Å². The molecule has 0 fully saturated rings. The summed E-state index contributed by atoms with van der Waals surface area (Å²) in [6.45, 7) is 0. The zero-order valence-electron chi connectivity index (χ0n) is 5.48. The molecule has 0 radical (unpaired) electrons. The summed E-state index contributed by atoms with van der Waals surface area (Å²) in [6, 6.07) is 0. The molecule has 5 heteroatoms. The van der Waals surface area contributed by atoms with Crippen LogP contribution < -0.4 is 0 Å². The van der Waals surface area contributed by atoms with Crippen LogP contribution in [0.1, 0.15) is 6.42 Å². The summed E-state index contributed by atoms with van der Waals surface area (Å²) in [5, 5.41) is 17.4. The number of aliphatic hydroxyl groups is 1. The van der Waals surface area contributed by atoms with Gasteiger partial charge in [-0.05, 0) is 0 Å². The van der Waals surface area contributed by atoms with E-state index in [0.29, 0.717) is 0 Å². The fourth-order valence-electron chi connectivity index (χ4n) is 0.730. The molecule has 60 valence electrons. The van der Waals surface area contributed by atoms with Gasteiger partial charge in [0.1, 0.15) is 6.42 Å². The van der Waals surface area contributed by atoms with Crippen molar-refractivity contribution in [3.8, 4) is 0 Å². The third-order valence-corrected chi connectivity index (χ3v) is 1.26. The number of rotatable bonds is 2. The zero-order chi connectivity index (χ0) is 8.48. The maximum absolute atomic E-state index is 10.7. The Hall–Kier alpha value is -1.36. The smallest absolute Gasteiger partial charge is 0.310 e. The second-order valence-electron chi connectivity index (χ2n) is 2.14. The van der Waals surface area contributed by atoms with Crippen molar-refractivity contribution in [3.05, 3.63) is 12.3 Å². The van der Waals surface area contributed by atoms with Crippen LogP contribution in [0.15, 0.2) is 12.3 Å². The van der Waals surface area contributed by atoms with Crippen LogP contribution in [-0.4, -0.2) is 27.8 Å². The molecule has 1 unspecified atom stereocenters. The Morgan fingerprint density at radius 1 is 1.73 bits per heavy atom. The Balaban J connectivity index is 2.69. The molecule has 1 aliphatic heterocycles. The van der Waals surface area contributed by atoms with E-state index in [4.69, 9.17) is 10.2 Å². The number of hydrogen-bond donors (Lipinski definition) is 2. The Morgan fingerprint density at radius 2 is 2.36 bits per heavy atom. The van der Waals surface area contributed by atoms with Crippen LogP contribution >= 0.6 is 0 Å². The maximum Gasteiger partial charge on any atom is 0.310 e. The van der Waals surface area contributed by atoms with Crippen molar-refractivity contribution in [2.45, 2.75) is 12.2 Å². The van der Waals surface area contributed by atoms with Gasteiger partial charge in [0.05, 0.1) is 6.26 Å². The van der Waals surface area contributed by atoms with Crippen molar-refractivity contribution in [1.29, 1.82) is 0 Å². The first-order valence-electron chi connectivity index (χ1n) is 2.87. The lowest BCUT2D eigenvalue weighted by molar-refractivity contribution is -0.183. The Kier molecular flexibility index (Phi) is 1.66. The lowest BCUT2D eigenvalue weighted by Crippen LogP contribution is -2.38. The topological polar surface area (TPSA) is 83.8 Å². The first kappa shape index (κ1) is 7.74. The van der Waals surface area contributed by atoms with Gasteiger partial charge in [-0.2, -0.15) is 0 Å². The fourth-order valence-corrected chi connectivity index (χ4v) is 0.730. The van der Waals surface area contributed by atoms with Crippen LogP contribution in [0.3, 0.4) is 0 Å².